The van der Waals surface area contributed by atoms with Gasteiger partial charge >= 0.3 is 17.1 Å². The highest BCUT2D eigenvalue weighted by Gasteiger charge is 2.26. The molecule has 3 atom stereocenters. The third-order valence-electron chi connectivity index (χ3n) is 3.47. The molecule has 3 unspecified atom stereocenters. The molecule has 1 rings (SSSR count). The molecule has 162 valence electrons. The molecule has 9 nitrogen and oxygen atoms in total. The molecule has 0 spiro atoms. The van der Waals surface area contributed by atoms with Gasteiger partial charge in [0.05, 0.1) is 17.3 Å². The van der Waals surface area contributed by atoms with Gasteiger partial charge in [0, 0.05) is 0 Å². The van der Waals surface area contributed by atoms with Gasteiger partial charge in [-0.15, -0.1) is 0 Å². The number of ether oxygens (including phenoxy) is 3. The average molecular weight is 472 g/mol. The summed E-state index contributed by atoms with van der Waals surface area (Å²) in [5.41, 5.74) is -2.89. The van der Waals surface area contributed by atoms with Crippen molar-refractivity contribution in [2.75, 3.05) is 17.3 Å². The lowest BCUT2D eigenvalue weighted by Crippen LogP contribution is -2.57. The normalized spacial score (nSPS) is 12.6. The van der Waals surface area contributed by atoms with Crippen molar-refractivity contribution in [1.29, 1.82) is 0 Å². The lowest BCUT2D eigenvalue weighted by Gasteiger charge is -2.21. The van der Waals surface area contributed by atoms with E-state index in [9.17, 15) is 14.4 Å². The first-order valence-electron chi connectivity index (χ1n) is 8.54. The zero-order valence-electron chi connectivity index (χ0n) is 16.5. The number of thiol groups is 3. The fourth-order valence-electron chi connectivity index (χ4n) is 2.16. The number of rotatable bonds is 6. The molecular weight excluding hydrogens is 450 g/mol. The van der Waals surface area contributed by atoms with E-state index >= 15 is 0 Å². The van der Waals surface area contributed by atoms with Crippen molar-refractivity contribution >= 4 is 37.9 Å². The largest absolute Gasteiger partial charge is 0.421 e. The summed E-state index contributed by atoms with van der Waals surface area (Å²) in [6.45, 7) is 4.27. The summed E-state index contributed by atoms with van der Waals surface area (Å²) in [6, 6.07) is 0. The van der Waals surface area contributed by atoms with Gasteiger partial charge in [-0.3, -0.25) is 0 Å². The van der Waals surface area contributed by atoms with Crippen molar-refractivity contribution in [2.45, 2.75) is 39.5 Å². The first kappa shape index (κ1) is 25.6. The Labute approximate surface area is 189 Å². The standard InChI is InChI=1S/C18H21N3O6S3/c1-13(25-7-4-10-28)19-16(22)20(14(2)26-8-5-11-29)18(24)21(17(19)23)15(3)27-9-6-12-30/h13-15,28-30H,10-12H2,1-3H3. The molecule has 0 aliphatic rings. The van der Waals surface area contributed by atoms with Crippen LogP contribution in [0.25, 0.3) is 0 Å². The predicted molar refractivity (Wildman–Crippen MR) is 121 cm³/mol. The van der Waals surface area contributed by atoms with Crippen LogP contribution in [0.5, 0.6) is 0 Å². The Morgan fingerprint density at radius 2 is 0.867 bits per heavy atom. The lowest BCUT2D eigenvalue weighted by molar-refractivity contribution is 0.0554. The van der Waals surface area contributed by atoms with Gasteiger partial charge in [-0.1, -0.05) is 0 Å². The highest BCUT2D eigenvalue weighted by molar-refractivity contribution is 7.80. The van der Waals surface area contributed by atoms with Crippen molar-refractivity contribution < 1.29 is 14.2 Å². The minimum atomic E-state index is -1.12. The van der Waals surface area contributed by atoms with Crippen LogP contribution in [0.15, 0.2) is 14.4 Å². The summed E-state index contributed by atoms with van der Waals surface area (Å²) in [7, 11) is 0. The summed E-state index contributed by atoms with van der Waals surface area (Å²) >= 11 is 11.8. The van der Waals surface area contributed by atoms with Crippen molar-refractivity contribution in [3.05, 3.63) is 31.5 Å². The SMILES string of the molecule is CC(OC#CCS)n1c(=O)n(C(C)OC#CCS)c(=O)n(C(C)OC#CCS)c1=O. The predicted octanol–water partition coefficient (Wildman–Crippen LogP) is 0.449. The second-order valence-electron chi connectivity index (χ2n) is 5.42. The van der Waals surface area contributed by atoms with E-state index in [1.807, 2.05) is 0 Å². The zero-order valence-corrected chi connectivity index (χ0v) is 19.2. The number of aromatic nitrogens is 3. The second kappa shape index (κ2) is 13.0. The quantitative estimate of drug-likeness (QED) is 0.412. The fraction of sp³-hybridized carbons (Fsp3) is 0.500. The number of hydrogen-bond acceptors (Lipinski definition) is 9. The third kappa shape index (κ3) is 6.53. The van der Waals surface area contributed by atoms with Gasteiger partial charge in [-0.2, -0.15) is 37.9 Å². The Bertz CT molecular complexity index is 923. The van der Waals surface area contributed by atoms with Crippen LogP contribution >= 0.6 is 37.9 Å². The smallest absolute Gasteiger partial charge is 0.342 e. The number of hydrogen-bond donors (Lipinski definition) is 3. The Balaban J connectivity index is 3.69. The first-order chi connectivity index (χ1) is 14.3. The van der Waals surface area contributed by atoms with Crippen LogP contribution in [0.3, 0.4) is 0 Å². The number of nitrogens with zero attached hydrogens (tertiary/aromatic N) is 3. The van der Waals surface area contributed by atoms with Crippen LogP contribution in [0, 0.1) is 36.1 Å². The van der Waals surface area contributed by atoms with E-state index in [1.54, 1.807) is 0 Å². The maximum absolute atomic E-state index is 12.9. The van der Waals surface area contributed by atoms with Crippen molar-refractivity contribution in [1.82, 2.24) is 13.7 Å². The van der Waals surface area contributed by atoms with Crippen LogP contribution in [0.2, 0.25) is 0 Å². The molecule has 1 heterocycles. The summed E-state index contributed by atoms with van der Waals surface area (Å²) in [5, 5.41) is 0. The van der Waals surface area contributed by atoms with E-state index in [2.05, 4.69) is 74.0 Å². The molecule has 0 aromatic carbocycles. The van der Waals surface area contributed by atoms with Gasteiger partial charge in [0.1, 0.15) is 18.3 Å². The molecule has 30 heavy (non-hydrogen) atoms. The van der Waals surface area contributed by atoms with Crippen molar-refractivity contribution in [3.8, 4) is 36.1 Å². The molecule has 0 aliphatic carbocycles. The molecule has 1 aromatic heterocycles. The fourth-order valence-corrected chi connectivity index (χ4v) is 2.36. The zero-order chi connectivity index (χ0) is 22.7. The molecule has 0 fully saturated rings. The van der Waals surface area contributed by atoms with Gasteiger partial charge in [-0.25, -0.2) is 28.1 Å². The van der Waals surface area contributed by atoms with Crippen LogP contribution in [0.4, 0.5) is 0 Å². The van der Waals surface area contributed by atoms with Crippen molar-refractivity contribution in [3.63, 3.8) is 0 Å². The van der Waals surface area contributed by atoms with Gasteiger partial charge in [-0.05, 0) is 38.5 Å². The lowest BCUT2D eigenvalue weighted by atomic mass is 10.5. The van der Waals surface area contributed by atoms with E-state index < -0.39 is 35.8 Å². The van der Waals surface area contributed by atoms with Gasteiger partial charge in [0.15, 0.2) is 18.7 Å². The molecule has 0 bridgehead atoms. The van der Waals surface area contributed by atoms with E-state index in [4.69, 9.17) is 14.2 Å². The van der Waals surface area contributed by atoms with Crippen LogP contribution < -0.4 is 17.1 Å². The van der Waals surface area contributed by atoms with E-state index in [0.29, 0.717) is 13.7 Å². The minimum absolute atomic E-state index is 0.217. The maximum Gasteiger partial charge on any atom is 0.342 e. The average Bonchev–Trinajstić information content (AvgIpc) is 2.68. The summed E-state index contributed by atoms with van der Waals surface area (Å²) in [4.78, 5) is 38.8. The van der Waals surface area contributed by atoms with Crippen LogP contribution in [-0.2, 0) is 14.2 Å². The molecule has 1 aromatic rings. The molecule has 0 saturated carbocycles. The van der Waals surface area contributed by atoms with Crippen molar-refractivity contribution in [2.24, 2.45) is 0 Å². The van der Waals surface area contributed by atoms with Crippen LogP contribution in [0.1, 0.15) is 39.5 Å². The topological polar surface area (TPSA) is 93.7 Å². The molecule has 0 aliphatic heterocycles. The minimum Gasteiger partial charge on any atom is -0.421 e. The Hall–Kier alpha value is -2.46. The molecule has 0 saturated heterocycles. The van der Waals surface area contributed by atoms with Gasteiger partial charge in [0.25, 0.3) is 0 Å². The first-order valence-corrected chi connectivity index (χ1v) is 10.4. The molecule has 0 radical (unpaired) electrons. The summed E-state index contributed by atoms with van der Waals surface area (Å²) < 4.78 is 17.8. The Morgan fingerprint density at radius 1 is 0.633 bits per heavy atom. The Kier molecular flexibility index (Phi) is 11.1. The van der Waals surface area contributed by atoms with E-state index in [0.717, 1.165) is 0 Å². The Morgan fingerprint density at radius 3 is 1.07 bits per heavy atom. The summed E-state index contributed by atoms with van der Waals surface area (Å²) in [6.07, 6.45) is 3.64. The second-order valence-corrected chi connectivity index (χ2v) is 6.37. The highest BCUT2D eigenvalue weighted by Crippen LogP contribution is 2.06. The van der Waals surface area contributed by atoms with Gasteiger partial charge in [0.2, 0.25) is 0 Å². The molecule has 12 heteroatoms. The monoisotopic (exact) mass is 471 g/mol. The third-order valence-corrected chi connectivity index (χ3v) is 3.94. The van der Waals surface area contributed by atoms with Crippen LogP contribution in [-0.4, -0.2) is 31.0 Å². The maximum atomic E-state index is 12.9. The van der Waals surface area contributed by atoms with E-state index in [1.165, 1.54) is 20.8 Å². The highest BCUT2D eigenvalue weighted by atomic mass is 32.1. The molecule has 0 N–H and O–H groups in total. The molecular formula is C18H21N3O6S3. The summed E-state index contributed by atoms with van der Waals surface area (Å²) in [5.74, 6) is 8.28. The van der Waals surface area contributed by atoms with Gasteiger partial charge < -0.3 is 14.2 Å². The van der Waals surface area contributed by atoms with E-state index in [-0.39, 0.29) is 17.3 Å². The molecule has 0 amide bonds.